The Morgan fingerprint density at radius 2 is 2.04 bits per heavy atom. The predicted molar refractivity (Wildman–Crippen MR) is 93.5 cm³/mol. The third-order valence-electron chi connectivity index (χ3n) is 4.04. The second kappa shape index (κ2) is 5.76. The van der Waals surface area contributed by atoms with Gasteiger partial charge in [0.25, 0.3) is 5.91 Å². The highest BCUT2D eigenvalue weighted by Crippen LogP contribution is 2.24. The number of benzene rings is 2. The Bertz CT molecular complexity index is 949. The summed E-state index contributed by atoms with van der Waals surface area (Å²) in [6.07, 6.45) is 0. The van der Waals surface area contributed by atoms with Gasteiger partial charge in [0, 0.05) is 28.9 Å². The molecular weight excluding hydrogens is 326 g/mol. The molecule has 1 fully saturated rings. The van der Waals surface area contributed by atoms with Crippen molar-refractivity contribution >= 4 is 39.2 Å². The van der Waals surface area contributed by atoms with Gasteiger partial charge in [-0.1, -0.05) is 5.16 Å². The molecule has 1 amide bonds. The summed E-state index contributed by atoms with van der Waals surface area (Å²) in [6, 6.07) is 12.5. The summed E-state index contributed by atoms with van der Waals surface area (Å²) in [5.74, 6) is 0.507. The van der Waals surface area contributed by atoms with Gasteiger partial charge in [0.15, 0.2) is 5.58 Å². The Balaban J connectivity index is 1.52. The standard InChI is InChI=1S/C17H15N3O3S/c1-11-15-10-13(4-7-16(15)23-19-11)18-17(21)12-2-5-14(6-3-12)20-8-9-24(20)22/h2-7,10H,8-9H2,1H3,(H,18,21). The lowest BCUT2D eigenvalue weighted by Gasteiger charge is -2.31. The van der Waals surface area contributed by atoms with E-state index in [1.807, 2.05) is 29.4 Å². The largest absolute Gasteiger partial charge is 0.356 e. The van der Waals surface area contributed by atoms with E-state index in [0.29, 0.717) is 22.6 Å². The molecule has 1 N–H and O–H groups in total. The zero-order valence-corrected chi connectivity index (χ0v) is 13.8. The predicted octanol–water partition coefficient (Wildman–Crippen LogP) is 2.87. The first-order valence-corrected chi connectivity index (χ1v) is 8.83. The molecule has 2 aromatic carbocycles. The molecule has 1 aliphatic rings. The van der Waals surface area contributed by atoms with Crippen LogP contribution in [0, 0.1) is 6.92 Å². The van der Waals surface area contributed by atoms with E-state index in [4.69, 9.17) is 4.52 Å². The van der Waals surface area contributed by atoms with E-state index in [2.05, 4.69) is 10.5 Å². The number of carbonyl (C=O) groups is 1. The summed E-state index contributed by atoms with van der Waals surface area (Å²) in [4.78, 5) is 12.4. The summed E-state index contributed by atoms with van der Waals surface area (Å²) in [6.45, 7) is 2.64. The van der Waals surface area contributed by atoms with E-state index in [-0.39, 0.29) is 5.91 Å². The van der Waals surface area contributed by atoms with Gasteiger partial charge in [-0.05, 0) is 49.4 Å². The van der Waals surface area contributed by atoms with Crippen LogP contribution < -0.4 is 9.62 Å². The van der Waals surface area contributed by atoms with Crippen LogP contribution in [0.2, 0.25) is 0 Å². The third kappa shape index (κ3) is 2.56. The molecule has 0 aliphatic carbocycles. The molecule has 0 saturated carbocycles. The molecule has 0 radical (unpaired) electrons. The van der Waals surface area contributed by atoms with Crippen molar-refractivity contribution in [2.75, 3.05) is 21.9 Å². The van der Waals surface area contributed by atoms with Crippen LogP contribution in [-0.2, 0) is 11.0 Å². The van der Waals surface area contributed by atoms with Gasteiger partial charge in [-0.25, -0.2) is 4.21 Å². The van der Waals surface area contributed by atoms with Crippen LogP contribution in [0.4, 0.5) is 11.4 Å². The van der Waals surface area contributed by atoms with Crippen molar-refractivity contribution in [2.24, 2.45) is 0 Å². The molecule has 1 unspecified atom stereocenters. The minimum absolute atomic E-state index is 0.195. The van der Waals surface area contributed by atoms with Crippen LogP contribution in [0.1, 0.15) is 16.1 Å². The number of aromatic nitrogens is 1. The molecule has 1 aliphatic heterocycles. The van der Waals surface area contributed by atoms with Gasteiger partial charge in [0.1, 0.15) is 11.0 Å². The Morgan fingerprint density at radius 1 is 1.25 bits per heavy atom. The Kier molecular flexibility index (Phi) is 3.57. The molecule has 4 rings (SSSR count). The summed E-state index contributed by atoms with van der Waals surface area (Å²) >= 11 is 0. The van der Waals surface area contributed by atoms with Crippen LogP contribution in [0.5, 0.6) is 0 Å². The summed E-state index contributed by atoms with van der Waals surface area (Å²) in [5, 5.41) is 7.65. The number of fused-ring (bicyclic) bond motifs is 1. The van der Waals surface area contributed by atoms with Crippen LogP contribution in [0.3, 0.4) is 0 Å². The van der Waals surface area contributed by atoms with Crippen LogP contribution in [0.15, 0.2) is 47.0 Å². The number of hydrogen-bond acceptors (Lipinski definition) is 4. The summed E-state index contributed by atoms with van der Waals surface area (Å²) in [5.41, 5.74) is 3.59. The topological polar surface area (TPSA) is 75.4 Å². The minimum atomic E-state index is -0.923. The fourth-order valence-electron chi connectivity index (χ4n) is 2.62. The highest BCUT2D eigenvalue weighted by Gasteiger charge is 2.23. The normalized spacial score (nSPS) is 16.9. The van der Waals surface area contributed by atoms with E-state index in [1.165, 1.54) is 0 Å². The maximum Gasteiger partial charge on any atom is 0.255 e. The molecule has 6 nitrogen and oxygen atoms in total. The zero-order valence-electron chi connectivity index (χ0n) is 13.0. The van der Waals surface area contributed by atoms with Crippen molar-refractivity contribution in [3.63, 3.8) is 0 Å². The van der Waals surface area contributed by atoms with Crippen LogP contribution in [0.25, 0.3) is 11.0 Å². The van der Waals surface area contributed by atoms with E-state index < -0.39 is 11.0 Å². The molecule has 0 spiro atoms. The lowest BCUT2D eigenvalue weighted by atomic mass is 10.1. The lowest BCUT2D eigenvalue weighted by molar-refractivity contribution is 0.102. The van der Waals surface area contributed by atoms with Gasteiger partial charge in [0.2, 0.25) is 0 Å². The molecule has 1 aromatic heterocycles. The number of aryl methyl sites for hydroxylation is 1. The van der Waals surface area contributed by atoms with Gasteiger partial charge in [-0.3, -0.25) is 9.10 Å². The number of rotatable bonds is 3. The highest BCUT2D eigenvalue weighted by molar-refractivity contribution is 7.88. The second-order valence-corrected chi connectivity index (χ2v) is 7.10. The minimum Gasteiger partial charge on any atom is -0.356 e. The van der Waals surface area contributed by atoms with Gasteiger partial charge in [-0.15, -0.1) is 0 Å². The number of anilines is 2. The van der Waals surface area contributed by atoms with Crippen LogP contribution in [-0.4, -0.2) is 27.6 Å². The van der Waals surface area contributed by atoms with Crippen LogP contribution >= 0.6 is 0 Å². The number of nitrogens with one attached hydrogen (secondary N) is 1. The summed E-state index contributed by atoms with van der Waals surface area (Å²) in [7, 11) is -0.923. The Morgan fingerprint density at radius 3 is 2.71 bits per heavy atom. The molecule has 0 bridgehead atoms. The number of hydrogen-bond donors (Lipinski definition) is 1. The van der Waals surface area contributed by atoms with Gasteiger partial charge >= 0.3 is 0 Å². The zero-order chi connectivity index (χ0) is 16.7. The smallest absolute Gasteiger partial charge is 0.255 e. The molecule has 24 heavy (non-hydrogen) atoms. The SMILES string of the molecule is Cc1noc2ccc(NC(=O)c3ccc(N4CCS4=O)cc3)cc12. The number of amides is 1. The maximum absolute atomic E-state index is 12.4. The first kappa shape index (κ1) is 14.9. The lowest BCUT2D eigenvalue weighted by Crippen LogP contribution is -2.42. The van der Waals surface area contributed by atoms with Crippen molar-refractivity contribution in [3.05, 3.63) is 53.7 Å². The molecule has 122 valence electrons. The Labute approximate surface area is 141 Å². The van der Waals surface area contributed by atoms with E-state index in [0.717, 1.165) is 23.3 Å². The molecule has 7 heteroatoms. The second-order valence-electron chi connectivity index (χ2n) is 5.61. The van der Waals surface area contributed by atoms with Crippen molar-refractivity contribution in [1.82, 2.24) is 5.16 Å². The van der Waals surface area contributed by atoms with Crippen molar-refractivity contribution in [1.29, 1.82) is 0 Å². The third-order valence-corrected chi connectivity index (χ3v) is 5.46. The van der Waals surface area contributed by atoms with Crippen molar-refractivity contribution in [2.45, 2.75) is 6.92 Å². The maximum atomic E-state index is 12.4. The first-order valence-electron chi connectivity index (χ1n) is 7.55. The average molecular weight is 341 g/mol. The van der Waals surface area contributed by atoms with Gasteiger partial charge < -0.3 is 9.84 Å². The van der Waals surface area contributed by atoms with Crippen molar-refractivity contribution < 1.29 is 13.5 Å². The Hall–Kier alpha value is -2.67. The molecular formula is C17H15N3O3S. The highest BCUT2D eigenvalue weighted by atomic mass is 32.2. The molecule has 2 heterocycles. The van der Waals surface area contributed by atoms with Gasteiger partial charge in [0.05, 0.1) is 11.4 Å². The molecule has 3 aromatic rings. The summed E-state index contributed by atoms with van der Waals surface area (Å²) < 4.78 is 18.5. The number of nitrogens with zero attached hydrogens (tertiary/aromatic N) is 2. The van der Waals surface area contributed by atoms with Gasteiger partial charge in [-0.2, -0.15) is 0 Å². The first-order chi connectivity index (χ1) is 11.6. The van der Waals surface area contributed by atoms with E-state index in [9.17, 15) is 9.00 Å². The molecule has 1 atom stereocenters. The van der Waals surface area contributed by atoms with Crippen molar-refractivity contribution in [3.8, 4) is 0 Å². The fraction of sp³-hybridized carbons (Fsp3) is 0.176. The molecule has 1 saturated heterocycles. The fourth-order valence-corrected chi connectivity index (χ4v) is 3.49. The number of carbonyl (C=O) groups excluding carboxylic acids is 1. The quantitative estimate of drug-likeness (QED) is 0.795. The van der Waals surface area contributed by atoms with E-state index >= 15 is 0 Å². The monoisotopic (exact) mass is 341 g/mol. The van der Waals surface area contributed by atoms with E-state index in [1.54, 1.807) is 24.3 Å². The average Bonchev–Trinajstić information content (AvgIpc) is 2.95.